The van der Waals surface area contributed by atoms with Crippen LogP contribution in [0.1, 0.15) is 64.4 Å². The minimum absolute atomic E-state index is 0.308. The molecule has 1 unspecified atom stereocenters. The van der Waals surface area contributed by atoms with Gasteiger partial charge in [0.05, 0.1) is 11.0 Å². The number of benzene rings is 8. The molecule has 0 saturated carbocycles. The number of allylic oxidation sites excluding steroid dienone is 6. The summed E-state index contributed by atoms with van der Waals surface area (Å²) in [5, 5.41) is 2.64. The third kappa shape index (κ3) is 7.81. The van der Waals surface area contributed by atoms with Crippen molar-refractivity contribution >= 4 is 73.8 Å². The van der Waals surface area contributed by atoms with Gasteiger partial charge in [-0.1, -0.05) is 134 Å². The van der Waals surface area contributed by atoms with E-state index < -0.39 is 0 Å². The summed E-state index contributed by atoms with van der Waals surface area (Å²) in [7, 11) is 0. The predicted octanol–water partition coefficient (Wildman–Crippen LogP) is 18.3. The molecule has 72 heavy (non-hydrogen) atoms. The molecule has 0 saturated heterocycles. The molecule has 2 heterocycles. The number of nitrogens with zero attached hydrogens (tertiary/aromatic N) is 4. The van der Waals surface area contributed by atoms with Crippen molar-refractivity contribution in [3.8, 4) is 16.8 Å². The van der Waals surface area contributed by atoms with Gasteiger partial charge >= 0.3 is 0 Å². The van der Waals surface area contributed by atoms with Crippen LogP contribution in [0.2, 0.25) is 0 Å². The molecule has 2 aromatic heterocycles. The Hall–Kier alpha value is -8.60. The molecule has 10 aromatic rings. The van der Waals surface area contributed by atoms with E-state index >= 15 is 0 Å². The molecule has 13 rings (SSSR count). The maximum Gasteiger partial charge on any atom is 0.0545 e. The van der Waals surface area contributed by atoms with Crippen molar-refractivity contribution in [2.24, 2.45) is 0 Å². The van der Waals surface area contributed by atoms with Crippen molar-refractivity contribution in [1.82, 2.24) is 9.13 Å². The second kappa shape index (κ2) is 18.3. The van der Waals surface area contributed by atoms with Gasteiger partial charge in [0.1, 0.15) is 0 Å². The zero-order valence-corrected chi connectivity index (χ0v) is 40.9. The molecule has 0 N–H and O–H groups in total. The average Bonchev–Trinajstić information content (AvgIpc) is 3.93. The summed E-state index contributed by atoms with van der Waals surface area (Å²) in [5.74, 6) is 0.308. The van der Waals surface area contributed by atoms with Crippen LogP contribution < -0.4 is 9.80 Å². The lowest BCUT2D eigenvalue weighted by Crippen LogP contribution is -2.10. The van der Waals surface area contributed by atoms with Crippen LogP contribution in [0.15, 0.2) is 225 Å². The lowest BCUT2D eigenvalue weighted by Gasteiger charge is -2.26. The van der Waals surface area contributed by atoms with Crippen LogP contribution >= 0.6 is 0 Å². The molecule has 1 atom stereocenters. The van der Waals surface area contributed by atoms with E-state index in [0.29, 0.717) is 5.92 Å². The van der Waals surface area contributed by atoms with Crippen molar-refractivity contribution in [3.05, 3.63) is 264 Å². The molecule has 348 valence electrons. The first kappa shape index (κ1) is 43.4. The zero-order chi connectivity index (χ0) is 48.1. The molecule has 4 heteroatoms. The Kier molecular flexibility index (Phi) is 11.0. The molecule has 0 aliphatic heterocycles. The maximum absolute atomic E-state index is 2.58. The van der Waals surface area contributed by atoms with Gasteiger partial charge in [0, 0.05) is 84.7 Å². The lowest BCUT2D eigenvalue weighted by atomic mass is 9.91. The molecule has 0 amide bonds. The van der Waals surface area contributed by atoms with Crippen LogP contribution in [0.25, 0.3) is 56.5 Å². The maximum atomic E-state index is 2.58. The van der Waals surface area contributed by atoms with E-state index in [1.165, 1.54) is 89.2 Å². The average molecular weight is 929 g/mol. The predicted molar refractivity (Wildman–Crippen MR) is 305 cm³/mol. The summed E-state index contributed by atoms with van der Waals surface area (Å²) >= 11 is 0. The van der Waals surface area contributed by atoms with Crippen molar-refractivity contribution in [3.63, 3.8) is 0 Å². The second-order valence-corrected chi connectivity index (χ2v) is 19.7. The smallest absolute Gasteiger partial charge is 0.0545 e. The number of aromatic nitrogens is 2. The van der Waals surface area contributed by atoms with Gasteiger partial charge in [-0.3, -0.25) is 0 Å². The Balaban J connectivity index is 0.812. The molecule has 0 spiro atoms. The molecule has 3 aliphatic rings. The van der Waals surface area contributed by atoms with Crippen molar-refractivity contribution in [1.29, 1.82) is 0 Å². The Morgan fingerprint density at radius 1 is 0.431 bits per heavy atom. The number of para-hydroxylation sites is 2. The van der Waals surface area contributed by atoms with Gasteiger partial charge in [0.15, 0.2) is 0 Å². The molecule has 0 fully saturated rings. The first-order valence-electron chi connectivity index (χ1n) is 25.6. The highest BCUT2D eigenvalue weighted by atomic mass is 15.1. The third-order valence-electron chi connectivity index (χ3n) is 15.1. The summed E-state index contributed by atoms with van der Waals surface area (Å²) < 4.78 is 5.13. The zero-order valence-electron chi connectivity index (χ0n) is 40.9. The van der Waals surface area contributed by atoms with Gasteiger partial charge in [-0.05, 0) is 177 Å². The number of aryl methyl sites for hydroxylation is 2. The van der Waals surface area contributed by atoms with Gasteiger partial charge in [0.2, 0.25) is 0 Å². The van der Waals surface area contributed by atoms with Crippen LogP contribution in [0, 0.1) is 13.8 Å². The lowest BCUT2D eigenvalue weighted by molar-refractivity contribution is 0.838. The molecule has 4 nitrogen and oxygen atoms in total. The van der Waals surface area contributed by atoms with Crippen molar-refractivity contribution < 1.29 is 0 Å². The van der Waals surface area contributed by atoms with Gasteiger partial charge in [-0.2, -0.15) is 0 Å². The number of rotatable bonds is 10. The van der Waals surface area contributed by atoms with Crippen LogP contribution in [0.4, 0.5) is 34.1 Å². The Bertz CT molecular complexity index is 3770. The number of anilines is 6. The summed E-state index contributed by atoms with van der Waals surface area (Å²) in [6, 6.07) is 71.2. The van der Waals surface area contributed by atoms with E-state index in [0.717, 1.165) is 60.5 Å². The van der Waals surface area contributed by atoms with E-state index in [1.807, 2.05) is 0 Å². The summed E-state index contributed by atoms with van der Waals surface area (Å²) in [5.41, 5.74) is 23.7. The van der Waals surface area contributed by atoms with Crippen molar-refractivity contribution in [2.75, 3.05) is 9.80 Å². The number of hydrogen-bond donors (Lipinski definition) is 0. The Morgan fingerprint density at radius 2 is 0.903 bits per heavy atom. The molecule has 8 aromatic carbocycles. The molecular weight excluding hydrogens is 873 g/mol. The topological polar surface area (TPSA) is 16.3 Å². The fourth-order valence-electron chi connectivity index (χ4n) is 11.6. The summed E-state index contributed by atoms with van der Waals surface area (Å²) in [6.07, 6.45) is 21.8. The first-order chi connectivity index (χ1) is 35.5. The van der Waals surface area contributed by atoms with E-state index in [9.17, 15) is 0 Å². The summed E-state index contributed by atoms with van der Waals surface area (Å²) in [4.78, 5) is 4.68. The van der Waals surface area contributed by atoms with E-state index in [2.05, 4.69) is 269 Å². The van der Waals surface area contributed by atoms with E-state index in [1.54, 1.807) is 0 Å². The third-order valence-corrected chi connectivity index (χ3v) is 15.1. The highest BCUT2D eigenvalue weighted by Gasteiger charge is 2.26. The van der Waals surface area contributed by atoms with Crippen LogP contribution in [-0.4, -0.2) is 9.13 Å². The number of fused-ring (bicyclic) bond motifs is 6. The van der Waals surface area contributed by atoms with Gasteiger partial charge in [-0.15, -0.1) is 0 Å². The van der Waals surface area contributed by atoms with Gasteiger partial charge in [-0.25, -0.2) is 0 Å². The molecular formula is C68H56N4. The highest BCUT2D eigenvalue weighted by molar-refractivity contribution is 6.07. The fourth-order valence-corrected chi connectivity index (χ4v) is 11.6. The minimum Gasteiger partial charge on any atom is -0.313 e. The Morgan fingerprint density at radius 3 is 1.42 bits per heavy atom. The normalized spacial score (nSPS) is 14.9. The quantitative estimate of drug-likeness (QED) is 0.136. The van der Waals surface area contributed by atoms with Crippen molar-refractivity contribution in [2.45, 2.75) is 51.9 Å². The number of hydrogen-bond acceptors (Lipinski definition) is 2. The molecule has 0 bridgehead atoms. The summed E-state index contributed by atoms with van der Waals surface area (Å²) in [6.45, 7) is 4.31. The molecule has 0 radical (unpaired) electrons. The SMILES string of the molecule is Cc1cccc(N(c2ccccc2)c2ccc(-c3ccc(-n4c5c(c6cc7c(cc64)c4c(n7C6=CCC(c7ccc(N(c8ccccc8)c8cccc(C)c8)cc7)C=C6)CCC=C4)C=CCC5)cc3)cc2)c1. The Labute approximate surface area is 423 Å². The van der Waals surface area contributed by atoms with Crippen LogP contribution in [-0.2, 0) is 12.8 Å². The standard InChI is InChI=1S/C68H56N4/c1-47-15-13-21-59(43-47)69(53-17-5-3-6-18-53)55-35-27-49(28-36-55)51-31-39-57(40-32-51)71-65-25-11-9-23-61(65)63-46-68-64(45-67(63)71)62-24-10-12-26-66(62)72(68)58-41-33-52(34-42-58)50-29-37-56(38-30-50)70(54-19-7-4-8-20-54)60-22-14-16-48(2)44-60/h3-10,13-24,27-33,35-46,52H,11-12,25-26,34H2,1-2H3. The second-order valence-electron chi connectivity index (χ2n) is 19.7. The van der Waals surface area contributed by atoms with Crippen LogP contribution in [0.5, 0.6) is 0 Å². The van der Waals surface area contributed by atoms with Crippen LogP contribution in [0.3, 0.4) is 0 Å². The largest absolute Gasteiger partial charge is 0.313 e. The fraction of sp³-hybridized carbons (Fsp3) is 0.118. The first-order valence-corrected chi connectivity index (χ1v) is 25.6. The van der Waals surface area contributed by atoms with Gasteiger partial charge in [0.25, 0.3) is 0 Å². The minimum atomic E-state index is 0.308. The van der Waals surface area contributed by atoms with Gasteiger partial charge < -0.3 is 18.9 Å². The molecule has 3 aliphatic carbocycles. The monoisotopic (exact) mass is 928 g/mol. The highest BCUT2D eigenvalue weighted by Crippen LogP contribution is 2.44. The van der Waals surface area contributed by atoms with E-state index in [-0.39, 0.29) is 0 Å². The van der Waals surface area contributed by atoms with E-state index in [4.69, 9.17) is 0 Å².